The molecule has 2 aliphatic carbocycles. The van der Waals surface area contributed by atoms with Crippen LogP contribution in [0.5, 0.6) is 0 Å². The molecule has 8 nitrogen and oxygen atoms in total. The smallest absolute Gasteiger partial charge is 0.333 e. The molecule has 8 heteroatoms. The largest absolute Gasteiger partial charge is 0.506 e. The number of rotatable bonds is 14. The first-order valence-electron chi connectivity index (χ1n) is 19.1. The lowest BCUT2D eigenvalue weighted by molar-refractivity contribution is -0.451. The Balaban J connectivity index is 1.45. The van der Waals surface area contributed by atoms with Crippen molar-refractivity contribution >= 4 is 46.1 Å². The van der Waals surface area contributed by atoms with E-state index in [2.05, 4.69) is 72.9 Å². The molecule has 290 valence electrons. The van der Waals surface area contributed by atoms with Gasteiger partial charge >= 0.3 is 11.9 Å². The molecule has 3 aromatic rings. The fourth-order valence-electron chi connectivity index (χ4n) is 6.87. The highest BCUT2D eigenvalue weighted by Crippen LogP contribution is 2.40. The van der Waals surface area contributed by atoms with E-state index < -0.39 is 11.9 Å². The van der Waals surface area contributed by atoms with Gasteiger partial charge in [-0.3, -0.25) is 4.79 Å². The molecule has 0 aliphatic heterocycles. The van der Waals surface area contributed by atoms with Crippen molar-refractivity contribution in [1.29, 1.82) is 0 Å². The van der Waals surface area contributed by atoms with Crippen LogP contribution in [0.3, 0.4) is 0 Å². The van der Waals surface area contributed by atoms with Crippen molar-refractivity contribution in [3.8, 4) is 0 Å². The molecule has 0 spiro atoms. The Kier molecular flexibility index (Phi) is 13.0. The van der Waals surface area contributed by atoms with Crippen LogP contribution in [0, 0.1) is 27.7 Å². The van der Waals surface area contributed by atoms with Crippen LogP contribution in [-0.2, 0) is 23.9 Å². The van der Waals surface area contributed by atoms with Gasteiger partial charge in [-0.2, -0.15) is 4.58 Å². The number of ketones is 1. The van der Waals surface area contributed by atoms with Gasteiger partial charge in [0, 0.05) is 46.3 Å². The lowest BCUT2D eigenvalue weighted by Crippen LogP contribution is -2.32. The predicted octanol–water partition coefficient (Wildman–Crippen LogP) is 9.91. The number of Topliss-reactive ketones (excluding diaryl/α,β-unsaturated/α-hetero) is 1. The van der Waals surface area contributed by atoms with Crippen molar-refractivity contribution in [2.45, 2.75) is 80.4 Å². The number of aliphatic hydroxyl groups excluding tert-OH is 1. The summed E-state index contributed by atoms with van der Waals surface area (Å²) < 4.78 is 13.7. The minimum absolute atomic E-state index is 0.0523. The van der Waals surface area contributed by atoms with Gasteiger partial charge in [-0.05, 0) is 108 Å². The average molecular weight is 754 g/mol. The second kappa shape index (κ2) is 17.6. The topological polar surface area (TPSA) is 96.1 Å². The van der Waals surface area contributed by atoms with Gasteiger partial charge in [0.25, 0.3) is 0 Å². The second-order valence-electron chi connectivity index (χ2n) is 14.8. The first-order valence-corrected chi connectivity index (χ1v) is 19.1. The number of allylic oxidation sites excluding steroid dienone is 7. The van der Waals surface area contributed by atoms with Crippen LogP contribution in [0.25, 0.3) is 5.57 Å². The number of esters is 2. The van der Waals surface area contributed by atoms with E-state index in [4.69, 9.17) is 9.47 Å². The standard InChI is InChI=1S/C48H52N2O6/c1-11-39(55-47(53)29(3)4)27-49(41-23-13-31(7)25-33(41)9)37-19-15-35(16-20-37)43-45(51)44(46(43)52)36-17-21-38(22-18-36)50(42-24-14-32(8)26-34(42)10)28-40(12-2)56-48(54)30(5)6/h13-26,39-40H,3,5,11-12,27-28H2,1-2,4,6-10H3/p+1. The molecule has 0 heterocycles. The minimum atomic E-state index is -0.425. The first-order chi connectivity index (χ1) is 26.6. The van der Waals surface area contributed by atoms with Crippen LogP contribution >= 0.6 is 0 Å². The molecular weight excluding hydrogens is 701 g/mol. The third-order valence-corrected chi connectivity index (χ3v) is 10.1. The highest BCUT2D eigenvalue weighted by molar-refractivity contribution is 6.39. The van der Waals surface area contributed by atoms with Crippen LogP contribution in [0.2, 0.25) is 0 Å². The molecule has 3 aromatic carbocycles. The summed E-state index contributed by atoms with van der Waals surface area (Å²) in [6.07, 6.45) is 7.96. The van der Waals surface area contributed by atoms with E-state index in [9.17, 15) is 19.5 Å². The number of nitrogens with zero attached hydrogens (tertiary/aromatic N) is 2. The van der Waals surface area contributed by atoms with Gasteiger partial charge in [-0.1, -0.05) is 68.5 Å². The molecule has 2 aliphatic rings. The summed E-state index contributed by atoms with van der Waals surface area (Å²) in [5, 5.41) is 11.3. The summed E-state index contributed by atoms with van der Waals surface area (Å²) in [6, 6.07) is 20.0. The third kappa shape index (κ3) is 9.08. The molecule has 0 bridgehead atoms. The van der Waals surface area contributed by atoms with Crippen LogP contribution in [0.4, 0.5) is 17.1 Å². The summed E-state index contributed by atoms with van der Waals surface area (Å²) in [6.45, 7) is 23.7. The Bertz CT molecular complexity index is 2230. The number of hydrogen-bond acceptors (Lipinski definition) is 7. The Morgan fingerprint density at radius 1 is 0.750 bits per heavy atom. The maximum Gasteiger partial charge on any atom is 0.333 e. The number of aliphatic hydroxyl groups is 1. The molecule has 0 radical (unpaired) electrons. The summed E-state index contributed by atoms with van der Waals surface area (Å²) in [4.78, 5) is 40.7. The average Bonchev–Trinajstić information content (AvgIpc) is 3.16. The zero-order valence-corrected chi connectivity index (χ0v) is 33.9. The summed E-state index contributed by atoms with van der Waals surface area (Å²) in [5.41, 5.74) is 10.5. The number of benzene rings is 3. The number of carbonyl (C=O) groups is 3. The van der Waals surface area contributed by atoms with Gasteiger partial charge < -0.3 is 19.5 Å². The Morgan fingerprint density at radius 3 is 1.82 bits per heavy atom. The molecule has 2 unspecified atom stereocenters. The number of aryl methyl sites for hydroxylation is 4. The lowest BCUT2D eigenvalue weighted by atomic mass is 9.80. The van der Waals surface area contributed by atoms with E-state index in [1.54, 1.807) is 13.8 Å². The van der Waals surface area contributed by atoms with Crippen molar-refractivity contribution in [3.63, 3.8) is 0 Å². The van der Waals surface area contributed by atoms with Gasteiger partial charge in [0.05, 0.1) is 17.7 Å². The van der Waals surface area contributed by atoms with Gasteiger partial charge in [-0.25, -0.2) is 9.59 Å². The van der Waals surface area contributed by atoms with Crippen LogP contribution in [0.15, 0.2) is 126 Å². The van der Waals surface area contributed by atoms with Crippen LogP contribution in [0.1, 0.15) is 68.4 Å². The Labute approximate surface area is 331 Å². The molecule has 0 aromatic heterocycles. The van der Waals surface area contributed by atoms with Crippen molar-refractivity contribution in [2.24, 2.45) is 0 Å². The Morgan fingerprint density at radius 2 is 1.30 bits per heavy atom. The normalized spacial score (nSPS) is 14.6. The SMILES string of the molecule is C=C(C)C(=O)OC(CC)CN(c1ccc(C2=C(O)C(=C3C=CC(=[N+](CC(CC)OC(=O)C(=C)C)c4ccc(C)cc4C)C=C3)C2=O)cc1)c1ccc(C)cc1C. The Hall–Kier alpha value is -6.02. The molecule has 1 N–H and O–H groups in total. The molecule has 56 heavy (non-hydrogen) atoms. The summed E-state index contributed by atoms with van der Waals surface area (Å²) >= 11 is 0. The number of anilines is 2. The van der Waals surface area contributed by atoms with Crippen molar-refractivity contribution < 1.29 is 33.5 Å². The quantitative estimate of drug-likeness (QED) is 0.0995. The van der Waals surface area contributed by atoms with Gasteiger partial charge in [-0.15, -0.1) is 0 Å². The van der Waals surface area contributed by atoms with E-state index in [1.807, 2.05) is 76.3 Å². The maximum absolute atomic E-state index is 13.7. The minimum Gasteiger partial charge on any atom is -0.506 e. The van der Waals surface area contributed by atoms with E-state index in [0.29, 0.717) is 48.2 Å². The first kappa shape index (κ1) is 41.1. The third-order valence-electron chi connectivity index (χ3n) is 10.1. The number of ether oxygens (including phenoxy) is 2. The van der Waals surface area contributed by atoms with Crippen molar-refractivity contribution in [3.05, 3.63) is 154 Å². The zero-order chi connectivity index (χ0) is 40.8. The molecule has 2 atom stereocenters. The zero-order valence-electron chi connectivity index (χ0n) is 33.9. The van der Waals surface area contributed by atoms with Crippen LogP contribution in [-0.4, -0.2) is 58.4 Å². The number of hydrogen-bond donors (Lipinski definition) is 1. The lowest BCUT2D eigenvalue weighted by Gasteiger charge is -2.31. The van der Waals surface area contributed by atoms with E-state index >= 15 is 0 Å². The van der Waals surface area contributed by atoms with Gasteiger partial charge in [0.15, 0.2) is 12.6 Å². The fraction of sp³-hybridized carbons (Fsp3) is 0.292. The maximum atomic E-state index is 13.7. The van der Waals surface area contributed by atoms with E-state index in [0.717, 1.165) is 45.0 Å². The highest BCUT2D eigenvalue weighted by atomic mass is 16.5. The monoisotopic (exact) mass is 753 g/mol. The van der Waals surface area contributed by atoms with Crippen molar-refractivity contribution in [1.82, 2.24) is 0 Å². The highest BCUT2D eigenvalue weighted by Gasteiger charge is 2.37. The predicted molar refractivity (Wildman–Crippen MR) is 225 cm³/mol. The molecular formula is C48H53N2O6+. The van der Waals surface area contributed by atoms with E-state index in [-0.39, 0.29) is 34.9 Å². The summed E-state index contributed by atoms with van der Waals surface area (Å²) in [7, 11) is 0. The van der Waals surface area contributed by atoms with Crippen LogP contribution < -0.4 is 4.90 Å². The fourth-order valence-corrected chi connectivity index (χ4v) is 6.87. The summed E-state index contributed by atoms with van der Waals surface area (Å²) in [5.74, 6) is -1.14. The molecule has 0 amide bonds. The number of carbonyl (C=O) groups excluding carboxylic acids is 3. The van der Waals surface area contributed by atoms with Crippen molar-refractivity contribution in [2.75, 3.05) is 18.0 Å². The molecule has 5 rings (SSSR count). The second-order valence-corrected chi connectivity index (χ2v) is 14.8. The molecule has 0 saturated carbocycles. The molecule has 0 fully saturated rings. The van der Waals surface area contributed by atoms with Gasteiger partial charge in [0.2, 0.25) is 17.2 Å². The molecule has 0 saturated heterocycles. The van der Waals surface area contributed by atoms with Gasteiger partial charge in [0.1, 0.15) is 11.9 Å². The van der Waals surface area contributed by atoms with E-state index in [1.165, 1.54) is 0 Å².